The molecule has 1 N–H and O–H groups in total. The van der Waals surface area contributed by atoms with Gasteiger partial charge in [-0.2, -0.15) is 0 Å². The monoisotopic (exact) mass is 223 g/mol. The number of amides is 1. The maximum atomic E-state index is 11.4. The molecule has 0 aliphatic heterocycles. The van der Waals surface area contributed by atoms with Crippen molar-refractivity contribution in [1.29, 1.82) is 0 Å². The van der Waals surface area contributed by atoms with Crippen molar-refractivity contribution in [2.75, 3.05) is 0 Å². The first kappa shape index (κ1) is 9.85. The van der Waals surface area contributed by atoms with E-state index in [1.54, 1.807) is 12.1 Å². The molecule has 2 aromatic rings. The second kappa shape index (κ2) is 4.22. The Morgan fingerprint density at radius 2 is 2.47 bits per heavy atom. The summed E-state index contributed by atoms with van der Waals surface area (Å²) in [5.41, 5.74) is 0. The Kier molecular flexibility index (Phi) is 2.77. The van der Waals surface area contributed by atoms with E-state index >= 15 is 0 Å². The van der Waals surface area contributed by atoms with Gasteiger partial charge in [-0.1, -0.05) is 11.3 Å². The van der Waals surface area contributed by atoms with Crippen LogP contribution in [0.2, 0.25) is 0 Å². The minimum absolute atomic E-state index is 0.243. The zero-order chi connectivity index (χ0) is 10.7. The number of nitrogens with one attached hydrogen (secondary N) is 1. The van der Waals surface area contributed by atoms with Gasteiger partial charge in [-0.3, -0.25) is 4.79 Å². The molecule has 2 heterocycles. The summed E-state index contributed by atoms with van der Waals surface area (Å²) in [6.07, 6.45) is 1.46. The Morgan fingerprint density at radius 3 is 3.07 bits per heavy atom. The molecule has 0 radical (unpaired) electrons. The summed E-state index contributed by atoms with van der Waals surface area (Å²) in [4.78, 5) is 11.4. The summed E-state index contributed by atoms with van der Waals surface area (Å²) in [6.45, 7) is 2.25. The quantitative estimate of drug-likeness (QED) is 0.853. The number of aromatic nitrogens is 2. The summed E-state index contributed by atoms with van der Waals surface area (Å²) in [7, 11) is 0. The Balaban J connectivity index is 1.91. The molecule has 1 amide bonds. The van der Waals surface area contributed by atoms with Gasteiger partial charge in [0.1, 0.15) is 10.0 Å². The van der Waals surface area contributed by atoms with Crippen molar-refractivity contribution in [2.24, 2.45) is 0 Å². The average Bonchev–Trinajstić information content (AvgIpc) is 2.84. The van der Waals surface area contributed by atoms with E-state index in [0.29, 0.717) is 12.3 Å². The van der Waals surface area contributed by atoms with Crippen molar-refractivity contribution in [3.05, 3.63) is 34.2 Å². The topological polar surface area (TPSA) is 68.0 Å². The molecule has 0 unspecified atom stereocenters. The van der Waals surface area contributed by atoms with E-state index in [4.69, 9.17) is 4.42 Å². The predicted molar refractivity (Wildman–Crippen MR) is 54.5 cm³/mol. The largest absolute Gasteiger partial charge is 0.459 e. The van der Waals surface area contributed by atoms with Crippen LogP contribution in [0.25, 0.3) is 0 Å². The Morgan fingerprint density at radius 1 is 1.60 bits per heavy atom. The number of rotatable bonds is 3. The van der Waals surface area contributed by atoms with E-state index in [9.17, 15) is 4.79 Å². The highest BCUT2D eigenvalue weighted by atomic mass is 32.1. The summed E-state index contributed by atoms with van der Waals surface area (Å²) in [6, 6.07) is 3.28. The van der Waals surface area contributed by atoms with Gasteiger partial charge in [0.2, 0.25) is 0 Å². The smallest absolute Gasteiger partial charge is 0.287 e. The zero-order valence-electron chi connectivity index (χ0n) is 8.06. The standard InChI is InChI=1S/C9H9N3O2S/c1-6-11-12-8(15-6)5-10-9(13)7-3-2-4-14-7/h2-4H,5H2,1H3,(H,10,13). The van der Waals surface area contributed by atoms with E-state index in [1.807, 2.05) is 6.92 Å². The van der Waals surface area contributed by atoms with Crippen LogP contribution >= 0.6 is 11.3 Å². The van der Waals surface area contributed by atoms with Gasteiger partial charge in [-0.25, -0.2) is 0 Å². The lowest BCUT2D eigenvalue weighted by Gasteiger charge is -1.98. The van der Waals surface area contributed by atoms with Crippen molar-refractivity contribution in [3.63, 3.8) is 0 Å². The fourth-order valence-electron chi connectivity index (χ4n) is 1.06. The zero-order valence-corrected chi connectivity index (χ0v) is 8.87. The number of hydrogen-bond acceptors (Lipinski definition) is 5. The molecule has 0 saturated carbocycles. The molecule has 5 nitrogen and oxygen atoms in total. The van der Waals surface area contributed by atoms with Crippen LogP contribution in [0.3, 0.4) is 0 Å². The molecule has 0 aliphatic carbocycles. The molecule has 78 valence electrons. The van der Waals surface area contributed by atoms with Crippen LogP contribution < -0.4 is 5.32 Å². The summed E-state index contributed by atoms with van der Waals surface area (Å²) < 4.78 is 4.94. The third kappa shape index (κ3) is 2.41. The maximum Gasteiger partial charge on any atom is 0.287 e. The molecule has 6 heteroatoms. The molecule has 2 rings (SSSR count). The average molecular weight is 223 g/mol. The Bertz CT molecular complexity index is 450. The van der Waals surface area contributed by atoms with Crippen molar-refractivity contribution in [3.8, 4) is 0 Å². The van der Waals surface area contributed by atoms with Crippen molar-refractivity contribution in [2.45, 2.75) is 13.5 Å². The van der Waals surface area contributed by atoms with Gasteiger partial charge >= 0.3 is 0 Å². The molecule has 15 heavy (non-hydrogen) atoms. The molecular weight excluding hydrogens is 214 g/mol. The predicted octanol–water partition coefficient (Wildman–Crippen LogP) is 1.37. The normalized spacial score (nSPS) is 10.2. The number of nitrogens with zero attached hydrogens (tertiary/aromatic N) is 2. The third-order valence-corrected chi connectivity index (χ3v) is 2.55. The fourth-order valence-corrected chi connectivity index (χ4v) is 1.71. The van der Waals surface area contributed by atoms with Crippen molar-refractivity contribution < 1.29 is 9.21 Å². The number of aryl methyl sites for hydroxylation is 1. The first-order valence-corrected chi connectivity index (χ1v) is 5.18. The van der Waals surface area contributed by atoms with Crippen LogP contribution in [-0.4, -0.2) is 16.1 Å². The minimum Gasteiger partial charge on any atom is -0.459 e. The SMILES string of the molecule is Cc1nnc(CNC(=O)c2ccco2)s1. The molecule has 0 atom stereocenters. The molecule has 0 bridgehead atoms. The molecule has 2 aromatic heterocycles. The molecule has 0 saturated heterocycles. The highest BCUT2D eigenvalue weighted by Gasteiger charge is 2.08. The summed E-state index contributed by atoms with van der Waals surface area (Å²) in [5.74, 6) is 0.0593. The number of carbonyl (C=O) groups excluding carboxylic acids is 1. The van der Waals surface area contributed by atoms with Crippen LogP contribution in [-0.2, 0) is 6.54 Å². The van der Waals surface area contributed by atoms with Gasteiger partial charge in [0.25, 0.3) is 5.91 Å². The third-order valence-electron chi connectivity index (χ3n) is 1.71. The first-order chi connectivity index (χ1) is 7.25. The lowest BCUT2D eigenvalue weighted by atomic mass is 10.4. The summed E-state index contributed by atoms with van der Waals surface area (Å²) >= 11 is 1.46. The first-order valence-electron chi connectivity index (χ1n) is 4.36. The molecule has 0 aromatic carbocycles. The van der Waals surface area contributed by atoms with E-state index in [1.165, 1.54) is 17.6 Å². The summed E-state index contributed by atoms with van der Waals surface area (Å²) in [5, 5.41) is 12.1. The van der Waals surface area contributed by atoms with Gasteiger partial charge in [0.05, 0.1) is 12.8 Å². The fraction of sp³-hybridized carbons (Fsp3) is 0.222. The van der Waals surface area contributed by atoms with Gasteiger partial charge in [-0.05, 0) is 19.1 Å². The number of hydrogen-bond donors (Lipinski definition) is 1. The lowest BCUT2D eigenvalue weighted by molar-refractivity contribution is 0.0923. The minimum atomic E-state index is -0.243. The lowest BCUT2D eigenvalue weighted by Crippen LogP contribution is -2.22. The van der Waals surface area contributed by atoms with Crippen LogP contribution in [0.5, 0.6) is 0 Å². The van der Waals surface area contributed by atoms with Gasteiger partial charge < -0.3 is 9.73 Å². The van der Waals surface area contributed by atoms with E-state index in [2.05, 4.69) is 15.5 Å². The molecule has 0 aliphatic rings. The van der Waals surface area contributed by atoms with Crippen molar-refractivity contribution in [1.82, 2.24) is 15.5 Å². The molecule has 0 fully saturated rings. The van der Waals surface area contributed by atoms with Gasteiger partial charge in [0, 0.05) is 0 Å². The second-order valence-corrected chi connectivity index (χ2v) is 4.14. The number of carbonyl (C=O) groups is 1. The maximum absolute atomic E-state index is 11.4. The van der Waals surface area contributed by atoms with E-state index < -0.39 is 0 Å². The van der Waals surface area contributed by atoms with E-state index in [-0.39, 0.29) is 5.91 Å². The highest BCUT2D eigenvalue weighted by molar-refractivity contribution is 7.11. The van der Waals surface area contributed by atoms with Gasteiger partial charge in [-0.15, -0.1) is 10.2 Å². The van der Waals surface area contributed by atoms with Crippen LogP contribution in [0, 0.1) is 6.92 Å². The van der Waals surface area contributed by atoms with Gasteiger partial charge in [0.15, 0.2) is 5.76 Å². The Hall–Kier alpha value is -1.69. The number of furan rings is 1. The van der Waals surface area contributed by atoms with Crippen LogP contribution in [0.15, 0.2) is 22.8 Å². The molecular formula is C9H9N3O2S. The molecule has 0 spiro atoms. The van der Waals surface area contributed by atoms with E-state index in [0.717, 1.165) is 10.0 Å². The van der Waals surface area contributed by atoms with Crippen molar-refractivity contribution >= 4 is 17.2 Å². The van der Waals surface area contributed by atoms with Crippen LogP contribution in [0.4, 0.5) is 0 Å². The highest BCUT2D eigenvalue weighted by Crippen LogP contribution is 2.07. The van der Waals surface area contributed by atoms with Crippen LogP contribution in [0.1, 0.15) is 20.6 Å². The Labute approximate surface area is 90.1 Å². The second-order valence-electron chi connectivity index (χ2n) is 2.87.